The quantitative estimate of drug-likeness (QED) is 0.832. The first kappa shape index (κ1) is 19.0. The third-order valence-electron chi connectivity index (χ3n) is 5.59. The summed E-state index contributed by atoms with van der Waals surface area (Å²) in [6.07, 6.45) is 13.4. The van der Waals surface area contributed by atoms with Gasteiger partial charge in [0, 0.05) is 36.7 Å². The number of amides is 2. The lowest BCUT2D eigenvalue weighted by Gasteiger charge is -2.27. The van der Waals surface area contributed by atoms with Crippen molar-refractivity contribution in [3.8, 4) is 0 Å². The summed E-state index contributed by atoms with van der Waals surface area (Å²) in [5, 5.41) is 3.34. The molecule has 0 bridgehead atoms. The fourth-order valence-electron chi connectivity index (χ4n) is 4.00. The highest BCUT2D eigenvalue weighted by atomic mass is 32.1. The van der Waals surface area contributed by atoms with Crippen LogP contribution >= 0.6 is 11.3 Å². The number of thiazole rings is 1. The van der Waals surface area contributed by atoms with Crippen molar-refractivity contribution in [3.05, 3.63) is 34.9 Å². The lowest BCUT2D eigenvalue weighted by Crippen LogP contribution is -2.35. The van der Waals surface area contributed by atoms with E-state index in [9.17, 15) is 9.59 Å². The monoisotopic (exact) mass is 399 g/mol. The molecule has 2 aliphatic rings. The topological polar surface area (TPSA) is 88.1 Å². The molecule has 2 aromatic heterocycles. The Morgan fingerprint density at radius 2 is 2.07 bits per heavy atom. The molecule has 1 saturated carbocycles. The lowest BCUT2D eigenvalue weighted by molar-refractivity contribution is -0.132. The number of carbonyl (C=O) groups excluding carboxylic acids is 2. The molecule has 0 atom stereocenters. The highest BCUT2D eigenvalue weighted by Gasteiger charge is 2.25. The molecule has 148 valence electrons. The molecule has 3 heterocycles. The van der Waals surface area contributed by atoms with Gasteiger partial charge >= 0.3 is 0 Å². The Bertz CT molecular complexity index is 832. The Morgan fingerprint density at radius 1 is 1.21 bits per heavy atom. The lowest BCUT2D eigenvalue weighted by atomic mass is 9.86. The number of hydrogen-bond donors (Lipinski definition) is 1. The maximum absolute atomic E-state index is 12.6. The van der Waals surface area contributed by atoms with Crippen molar-refractivity contribution in [1.29, 1.82) is 0 Å². The van der Waals surface area contributed by atoms with Gasteiger partial charge in [-0.05, 0) is 12.3 Å². The highest BCUT2D eigenvalue weighted by Crippen LogP contribution is 2.30. The SMILES string of the molecule is O=C(Nc1nc2c(s1)CN(C(=O)CCC1CCCCC1)CC2)c1cnccn1. The molecular formula is C20H25N5O2S. The van der Waals surface area contributed by atoms with E-state index in [1.54, 1.807) is 0 Å². The van der Waals surface area contributed by atoms with Crippen molar-refractivity contribution >= 4 is 28.3 Å². The van der Waals surface area contributed by atoms with E-state index >= 15 is 0 Å². The highest BCUT2D eigenvalue weighted by molar-refractivity contribution is 7.15. The molecule has 2 amide bonds. The maximum Gasteiger partial charge on any atom is 0.277 e. The molecule has 7 nitrogen and oxygen atoms in total. The van der Waals surface area contributed by atoms with Gasteiger partial charge in [0.15, 0.2) is 5.13 Å². The molecule has 1 N–H and O–H groups in total. The van der Waals surface area contributed by atoms with Crippen LogP contribution in [-0.2, 0) is 17.8 Å². The molecule has 4 rings (SSSR count). The molecule has 1 fully saturated rings. The van der Waals surface area contributed by atoms with Gasteiger partial charge in [0.2, 0.25) is 5.91 Å². The van der Waals surface area contributed by atoms with Gasteiger partial charge in [0.05, 0.1) is 18.4 Å². The molecule has 0 aromatic carbocycles. The maximum atomic E-state index is 12.6. The Morgan fingerprint density at radius 3 is 2.86 bits per heavy atom. The van der Waals surface area contributed by atoms with Crippen LogP contribution in [0.15, 0.2) is 18.6 Å². The van der Waals surface area contributed by atoms with Crippen LogP contribution in [0.2, 0.25) is 0 Å². The minimum Gasteiger partial charge on any atom is -0.337 e. The van der Waals surface area contributed by atoms with E-state index in [2.05, 4.69) is 20.3 Å². The van der Waals surface area contributed by atoms with Crippen LogP contribution < -0.4 is 5.32 Å². The third kappa shape index (κ3) is 4.55. The first-order chi connectivity index (χ1) is 13.7. The van der Waals surface area contributed by atoms with Crippen molar-refractivity contribution in [1.82, 2.24) is 19.9 Å². The first-order valence-electron chi connectivity index (χ1n) is 10.0. The van der Waals surface area contributed by atoms with Crippen molar-refractivity contribution in [2.24, 2.45) is 5.92 Å². The Hall–Kier alpha value is -2.35. The summed E-state index contributed by atoms with van der Waals surface area (Å²) >= 11 is 1.44. The van der Waals surface area contributed by atoms with Crippen molar-refractivity contribution < 1.29 is 9.59 Å². The summed E-state index contributed by atoms with van der Waals surface area (Å²) in [6, 6.07) is 0. The number of aromatic nitrogens is 3. The number of nitrogens with one attached hydrogen (secondary N) is 1. The van der Waals surface area contributed by atoms with Crippen molar-refractivity contribution in [2.45, 2.75) is 57.9 Å². The molecule has 8 heteroatoms. The predicted molar refractivity (Wildman–Crippen MR) is 107 cm³/mol. The second-order valence-electron chi connectivity index (χ2n) is 7.54. The van der Waals surface area contributed by atoms with Crippen LogP contribution in [0, 0.1) is 5.92 Å². The predicted octanol–water partition coefficient (Wildman–Crippen LogP) is 3.43. The fourth-order valence-corrected chi connectivity index (χ4v) is 5.02. The van der Waals surface area contributed by atoms with Gasteiger partial charge in [0.1, 0.15) is 5.69 Å². The van der Waals surface area contributed by atoms with Crippen molar-refractivity contribution in [3.63, 3.8) is 0 Å². The average Bonchev–Trinajstić information content (AvgIpc) is 3.14. The van der Waals surface area contributed by atoms with E-state index in [1.165, 1.54) is 62.0 Å². The normalized spacial score (nSPS) is 17.2. The summed E-state index contributed by atoms with van der Waals surface area (Å²) in [5.74, 6) is 0.652. The summed E-state index contributed by atoms with van der Waals surface area (Å²) < 4.78 is 0. The number of hydrogen-bond acceptors (Lipinski definition) is 6. The van der Waals surface area contributed by atoms with Gasteiger partial charge in [-0.1, -0.05) is 43.4 Å². The van der Waals surface area contributed by atoms with E-state index in [-0.39, 0.29) is 17.5 Å². The molecule has 0 saturated heterocycles. The average molecular weight is 400 g/mol. The molecule has 0 radical (unpaired) electrons. The third-order valence-corrected chi connectivity index (χ3v) is 6.59. The minimum absolute atomic E-state index is 0.245. The molecule has 0 spiro atoms. The van der Waals surface area contributed by atoms with Gasteiger partial charge in [-0.3, -0.25) is 19.9 Å². The zero-order valence-corrected chi connectivity index (χ0v) is 16.7. The van der Waals surface area contributed by atoms with Gasteiger partial charge in [-0.25, -0.2) is 9.97 Å². The molecule has 1 aliphatic carbocycles. The van der Waals surface area contributed by atoms with E-state index in [4.69, 9.17) is 0 Å². The van der Waals surface area contributed by atoms with Gasteiger partial charge in [-0.15, -0.1) is 0 Å². The summed E-state index contributed by atoms with van der Waals surface area (Å²) in [5.41, 5.74) is 1.24. The molecule has 28 heavy (non-hydrogen) atoms. The number of anilines is 1. The summed E-state index contributed by atoms with van der Waals surface area (Å²) in [4.78, 5) is 40.3. The first-order valence-corrected chi connectivity index (χ1v) is 10.8. The molecule has 2 aromatic rings. The van der Waals surface area contributed by atoms with E-state index < -0.39 is 0 Å². The number of fused-ring (bicyclic) bond motifs is 1. The zero-order valence-electron chi connectivity index (χ0n) is 15.9. The van der Waals surface area contributed by atoms with Crippen LogP contribution in [0.1, 0.15) is 66.0 Å². The number of nitrogens with zero attached hydrogens (tertiary/aromatic N) is 4. The second-order valence-corrected chi connectivity index (χ2v) is 8.63. The molecular weight excluding hydrogens is 374 g/mol. The van der Waals surface area contributed by atoms with Gasteiger partial charge in [0.25, 0.3) is 5.91 Å². The number of rotatable bonds is 5. The van der Waals surface area contributed by atoms with E-state index in [1.807, 2.05) is 4.90 Å². The fraction of sp³-hybridized carbons (Fsp3) is 0.550. The van der Waals surface area contributed by atoms with Gasteiger partial charge in [-0.2, -0.15) is 0 Å². The minimum atomic E-state index is -0.320. The van der Waals surface area contributed by atoms with E-state index in [0.717, 1.165) is 29.3 Å². The van der Waals surface area contributed by atoms with Crippen molar-refractivity contribution in [2.75, 3.05) is 11.9 Å². The molecule has 0 unspecified atom stereocenters. The smallest absolute Gasteiger partial charge is 0.277 e. The Labute approximate surface area is 168 Å². The molecule has 1 aliphatic heterocycles. The Kier molecular flexibility index (Phi) is 5.95. The van der Waals surface area contributed by atoms with Crippen LogP contribution in [0.4, 0.5) is 5.13 Å². The van der Waals surface area contributed by atoms with E-state index in [0.29, 0.717) is 24.6 Å². The zero-order chi connectivity index (χ0) is 19.3. The second kappa shape index (κ2) is 8.77. The van der Waals surface area contributed by atoms with Crippen LogP contribution in [0.25, 0.3) is 0 Å². The van der Waals surface area contributed by atoms with Crippen LogP contribution in [0.3, 0.4) is 0 Å². The Balaban J connectivity index is 1.32. The van der Waals surface area contributed by atoms with Gasteiger partial charge < -0.3 is 4.90 Å². The number of carbonyl (C=O) groups is 2. The largest absolute Gasteiger partial charge is 0.337 e. The van der Waals surface area contributed by atoms with Crippen LogP contribution in [0.5, 0.6) is 0 Å². The summed E-state index contributed by atoms with van der Waals surface area (Å²) in [7, 11) is 0. The summed E-state index contributed by atoms with van der Waals surface area (Å²) in [6.45, 7) is 1.30. The van der Waals surface area contributed by atoms with Crippen LogP contribution in [-0.4, -0.2) is 38.2 Å². The standard InChI is InChI=1S/C20H25N5O2S/c26-18(7-6-14-4-2-1-3-5-14)25-11-8-15-17(13-25)28-20(23-15)24-19(27)16-12-21-9-10-22-16/h9-10,12,14H,1-8,11,13H2,(H,23,24,27).